The molecule has 1 N–H and O–H groups in total. The largest absolute Gasteiger partial charge is 0.383 e. The van der Waals surface area contributed by atoms with Gasteiger partial charge in [-0.3, -0.25) is 9.48 Å². The van der Waals surface area contributed by atoms with Crippen molar-refractivity contribution >= 4 is 27.5 Å². The lowest BCUT2D eigenvalue weighted by Crippen LogP contribution is -2.26. The molecule has 126 valence electrons. The van der Waals surface area contributed by atoms with Gasteiger partial charge in [-0.2, -0.15) is 5.10 Å². The molecule has 0 aliphatic rings. The number of ether oxygens (including phenoxy) is 1. The standard InChI is InChI=1S/C17H18FN3O2S/c1-11-14-9-15(16(22)19-7-8-23-2)24-17(14)21(20-11)10-12-3-5-13(18)6-4-12/h3-6,9H,7-8,10H2,1-2H3,(H,19,22). The predicted octanol–water partition coefficient (Wildman–Crippen LogP) is 2.97. The van der Waals surface area contributed by atoms with Crippen LogP contribution < -0.4 is 5.32 Å². The zero-order chi connectivity index (χ0) is 17.1. The third kappa shape index (κ3) is 3.47. The lowest BCUT2D eigenvalue weighted by molar-refractivity contribution is 0.0941. The highest BCUT2D eigenvalue weighted by molar-refractivity contribution is 7.20. The van der Waals surface area contributed by atoms with Gasteiger partial charge in [0.1, 0.15) is 10.6 Å². The van der Waals surface area contributed by atoms with Crippen LogP contribution in [0.4, 0.5) is 4.39 Å². The fourth-order valence-corrected chi connectivity index (χ4v) is 3.53. The molecule has 0 saturated carbocycles. The molecular weight excluding hydrogens is 329 g/mol. The maximum absolute atomic E-state index is 13.0. The van der Waals surface area contributed by atoms with Gasteiger partial charge in [0, 0.05) is 19.0 Å². The molecule has 0 bridgehead atoms. The van der Waals surface area contributed by atoms with Crippen LogP contribution in [0, 0.1) is 12.7 Å². The summed E-state index contributed by atoms with van der Waals surface area (Å²) in [6.07, 6.45) is 0. The summed E-state index contributed by atoms with van der Waals surface area (Å²) in [5.74, 6) is -0.368. The van der Waals surface area contributed by atoms with Crippen LogP contribution >= 0.6 is 11.3 Å². The van der Waals surface area contributed by atoms with Gasteiger partial charge in [-0.25, -0.2) is 4.39 Å². The minimum Gasteiger partial charge on any atom is -0.383 e. The molecule has 0 radical (unpaired) electrons. The van der Waals surface area contributed by atoms with E-state index in [2.05, 4.69) is 10.4 Å². The summed E-state index contributed by atoms with van der Waals surface area (Å²) in [6, 6.07) is 8.22. The molecule has 7 heteroatoms. The minimum absolute atomic E-state index is 0.110. The lowest BCUT2D eigenvalue weighted by atomic mass is 10.2. The average Bonchev–Trinajstić information content (AvgIpc) is 3.12. The second kappa shape index (κ2) is 7.11. The Hall–Kier alpha value is -2.25. The molecule has 0 unspecified atom stereocenters. The van der Waals surface area contributed by atoms with Crippen LogP contribution in [0.2, 0.25) is 0 Å². The van der Waals surface area contributed by atoms with Crippen molar-refractivity contribution in [2.45, 2.75) is 13.5 Å². The third-order valence-electron chi connectivity index (χ3n) is 3.67. The monoisotopic (exact) mass is 347 g/mol. The Morgan fingerprint density at radius 2 is 2.12 bits per heavy atom. The van der Waals surface area contributed by atoms with Gasteiger partial charge < -0.3 is 10.1 Å². The Balaban J connectivity index is 1.84. The number of aromatic nitrogens is 2. The molecule has 2 aromatic heterocycles. The maximum Gasteiger partial charge on any atom is 0.261 e. The molecule has 0 spiro atoms. The van der Waals surface area contributed by atoms with Crippen molar-refractivity contribution < 1.29 is 13.9 Å². The number of carbonyl (C=O) groups is 1. The smallest absolute Gasteiger partial charge is 0.261 e. The fourth-order valence-electron chi connectivity index (χ4n) is 2.45. The first-order chi connectivity index (χ1) is 11.6. The van der Waals surface area contributed by atoms with E-state index in [4.69, 9.17) is 4.74 Å². The number of hydrogen-bond donors (Lipinski definition) is 1. The molecule has 1 aromatic carbocycles. The fraction of sp³-hybridized carbons (Fsp3) is 0.294. The van der Waals surface area contributed by atoms with Gasteiger partial charge in [0.25, 0.3) is 5.91 Å². The van der Waals surface area contributed by atoms with E-state index in [-0.39, 0.29) is 11.7 Å². The van der Waals surface area contributed by atoms with Gasteiger partial charge in [-0.05, 0) is 30.7 Å². The van der Waals surface area contributed by atoms with E-state index in [1.54, 1.807) is 19.2 Å². The number of carbonyl (C=O) groups excluding carboxylic acids is 1. The second-order valence-corrected chi connectivity index (χ2v) is 6.48. The number of fused-ring (bicyclic) bond motifs is 1. The highest BCUT2D eigenvalue weighted by Crippen LogP contribution is 2.28. The van der Waals surface area contributed by atoms with Crippen LogP contribution in [0.5, 0.6) is 0 Å². The van der Waals surface area contributed by atoms with E-state index >= 15 is 0 Å². The average molecular weight is 347 g/mol. The van der Waals surface area contributed by atoms with Gasteiger partial charge in [0.2, 0.25) is 0 Å². The van der Waals surface area contributed by atoms with Gasteiger partial charge in [-0.15, -0.1) is 11.3 Å². The van der Waals surface area contributed by atoms with Crippen molar-refractivity contribution in [2.75, 3.05) is 20.3 Å². The molecular formula is C17H18FN3O2S. The van der Waals surface area contributed by atoms with Crippen LogP contribution in [-0.2, 0) is 11.3 Å². The minimum atomic E-state index is -0.258. The highest BCUT2D eigenvalue weighted by atomic mass is 32.1. The number of methoxy groups -OCH3 is 1. The highest BCUT2D eigenvalue weighted by Gasteiger charge is 2.16. The first-order valence-electron chi connectivity index (χ1n) is 7.57. The van der Waals surface area contributed by atoms with Crippen LogP contribution in [0.15, 0.2) is 30.3 Å². The third-order valence-corrected chi connectivity index (χ3v) is 4.82. The van der Waals surface area contributed by atoms with Crippen LogP contribution in [0.1, 0.15) is 20.9 Å². The van der Waals surface area contributed by atoms with Gasteiger partial charge in [0.15, 0.2) is 0 Å². The SMILES string of the molecule is COCCNC(=O)c1cc2c(C)nn(Cc3ccc(F)cc3)c2s1. The van der Waals surface area contributed by atoms with Crippen molar-refractivity contribution in [3.8, 4) is 0 Å². The summed E-state index contributed by atoms with van der Waals surface area (Å²) in [4.78, 5) is 13.8. The molecule has 0 aliphatic heterocycles. The number of halogens is 1. The first kappa shape index (κ1) is 16.6. The summed E-state index contributed by atoms with van der Waals surface area (Å²) < 4.78 is 19.8. The molecule has 3 aromatic rings. The van der Waals surface area contributed by atoms with E-state index in [1.165, 1.54) is 23.5 Å². The molecule has 2 heterocycles. The number of rotatable bonds is 6. The molecule has 3 rings (SSSR count). The van der Waals surface area contributed by atoms with Crippen molar-refractivity contribution in [1.82, 2.24) is 15.1 Å². The predicted molar refractivity (Wildman–Crippen MR) is 92.1 cm³/mol. The molecule has 0 fully saturated rings. The number of thiophene rings is 1. The van der Waals surface area contributed by atoms with Crippen molar-refractivity contribution in [3.05, 3.63) is 52.3 Å². The second-order valence-electron chi connectivity index (χ2n) is 5.45. The summed E-state index contributed by atoms with van der Waals surface area (Å²) in [5, 5.41) is 8.32. The normalized spacial score (nSPS) is 11.1. The van der Waals surface area contributed by atoms with Crippen molar-refractivity contribution in [2.24, 2.45) is 0 Å². The molecule has 0 atom stereocenters. The quantitative estimate of drug-likeness (QED) is 0.698. The van der Waals surface area contributed by atoms with Gasteiger partial charge in [-0.1, -0.05) is 12.1 Å². The first-order valence-corrected chi connectivity index (χ1v) is 8.38. The number of hydrogen-bond acceptors (Lipinski definition) is 4. The van der Waals surface area contributed by atoms with Crippen molar-refractivity contribution in [1.29, 1.82) is 0 Å². The zero-order valence-electron chi connectivity index (χ0n) is 13.5. The molecule has 24 heavy (non-hydrogen) atoms. The van der Waals surface area contributed by atoms with E-state index in [1.807, 2.05) is 17.7 Å². The number of nitrogens with zero attached hydrogens (tertiary/aromatic N) is 2. The zero-order valence-corrected chi connectivity index (χ0v) is 14.3. The maximum atomic E-state index is 13.0. The summed E-state index contributed by atoms with van der Waals surface area (Å²) in [6.45, 7) is 3.41. The van der Waals surface area contributed by atoms with E-state index in [0.29, 0.717) is 24.6 Å². The van der Waals surface area contributed by atoms with Crippen LogP contribution in [0.25, 0.3) is 10.2 Å². The van der Waals surface area contributed by atoms with Gasteiger partial charge >= 0.3 is 0 Å². The summed E-state index contributed by atoms with van der Waals surface area (Å²) in [7, 11) is 1.60. The molecule has 1 amide bonds. The van der Waals surface area contributed by atoms with Gasteiger partial charge in [0.05, 0.1) is 23.7 Å². The molecule has 0 saturated heterocycles. The van der Waals surface area contributed by atoms with Crippen molar-refractivity contribution in [3.63, 3.8) is 0 Å². The summed E-state index contributed by atoms with van der Waals surface area (Å²) in [5.41, 5.74) is 1.83. The summed E-state index contributed by atoms with van der Waals surface area (Å²) >= 11 is 1.41. The van der Waals surface area contributed by atoms with E-state index in [9.17, 15) is 9.18 Å². The Morgan fingerprint density at radius 1 is 1.38 bits per heavy atom. The molecule has 0 aliphatic carbocycles. The van der Waals surface area contributed by atoms with Crippen LogP contribution in [-0.4, -0.2) is 35.9 Å². The number of nitrogens with one attached hydrogen (secondary N) is 1. The number of amides is 1. The number of aryl methyl sites for hydroxylation is 1. The molecule has 5 nitrogen and oxygen atoms in total. The van der Waals surface area contributed by atoms with E-state index < -0.39 is 0 Å². The topological polar surface area (TPSA) is 56.1 Å². The lowest BCUT2D eigenvalue weighted by Gasteiger charge is -2.03. The Labute approximate surface area is 143 Å². The van der Waals surface area contributed by atoms with Crippen LogP contribution in [0.3, 0.4) is 0 Å². The Morgan fingerprint density at radius 3 is 2.83 bits per heavy atom. The van der Waals surface area contributed by atoms with E-state index in [0.717, 1.165) is 21.5 Å². The Bertz CT molecular complexity index is 855. The number of benzene rings is 1. The Kier molecular flexibility index (Phi) is 4.92.